The smallest absolute Gasteiger partial charge is 0.230 e. The molecule has 3 fully saturated rings. The van der Waals surface area contributed by atoms with Crippen LogP contribution in [0.25, 0.3) is 0 Å². The minimum Gasteiger partial charge on any atom is -0.391 e. The Kier molecular flexibility index (Phi) is 5.21. The first-order valence-corrected chi connectivity index (χ1v) is 10.4. The van der Waals surface area contributed by atoms with Gasteiger partial charge in [-0.3, -0.25) is 4.79 Å². The molecular formula is C20H26Cl2N2O2. The van der Waals surface area contributed by atoms with E-state index in [1.165, 1.54) is 0 Å². The molecule has 1 amide bonds. The molecule has 0 spiro atoms. The Morgan fingerprint density at radius 1 is 1.12 bits per heavy atom. The number of fused-ring (bicyclic) bond motifs is 1. The summed E-state index contributed by atoms with van der Waals surface area (Å²) in [5, 5.41) is 18.2. The summed E-state index contributed by atoms with van der Waals surface area (Å²) in [6.45, 7) is 1.97. The molecule has 4 rings (SSSR count). The number of amides is 1. The van der Waals surface area contributed by atoms with Crippen LogP contribution in [0.4, 0.5) is 0 Å². The van der Waals surface area contributed by atoms with Gasteiger partial charge in [-0.15, -0.1) is 0 Å². The molecule has 2 saturated carbocycles. The summed E-state index contributed by atoms with van der Waals surface area (Å²) in [6, 6.07) is 5.37. The number of aliphatic hydroxyl groups excluding tert-OH is 1. The van der Waals surface area contributed by atoms with E-state index in [9.17, 15) is 9.90 Å². The zero-order chi connectivity index (χ0) is 18.3. The van der Waals surface area contributed by atoms with Crippen LogP contribution in [-0.2, 0) is 10.2 Å². The second-order valence-corrected chi connectivity index (χ2v) is 9.03. The lowest BCUT2D eigenvalue weighted by Gasteiger charge is -2.38. The van der Waals surface area contributed by atoms with Crippen LogP contribution in [-0.4, -0.2) is 36.2 Å². The molecule has 0 unspecified atom stereocenters. The maximum Gasteiger partial charge on any atom is 0.230 e. The van der Waals surface area contributed by atoms with Crippen molar-refractivity contribution in [1.29, 1.82) is 0 Å². The number of carbonyl (C=O) groups excluding carboxylic acids is 1. The third-order valence-corrected chi connectivity index (χ3v) is 7.46. The maximum atomic E-state index is 13.4. The fourth-order valence-corrected chi connectivity index (χ4v) is 5.48. The molecule has 4 nitrogen and oxygen atoms in total. The van der Waals surface area contributed by atoms with Crippen LogP contribution in [0.3, 0.4) is 0 Å². The molecule has 1 aromatic carbocycles. The standard InChI is InChI=1S/C20H26Cl2N2O2/c21-15-4-3-14(9-16(15)22)20(5-1-2-6-20)19(26)24-17-7-12-10-23-11-13(12)8-18(17)25/h3-4,9,12-13,17-18,23,25H,1-2,5-8,10-11H2,(H,24,26)/t12-,13+,17-,18-/m0/s1. The third-order valence-electron chi connectivity index (χ3n) is 6.73. The summed E-state index contributed by atoms with van der Waals surface area (Å²) in [7, 11) is 0. The molecule has 1 saturated heterocycles. The molecule has 0 bridgehead atoms. The van der Waals surface area contributed by atoms with E-state index in [0.29, 0.717) is 21.9 Å². The number of hydrogen-bond donors (Lipinski definition) is 3. The minimum atomic E-state index is -0.557. The molecule has 4 atom stereocenters. The van der Waals surface area contributed by atoms with Gasteiger partial charge in [-0.25, -0.2) is 0 Å². The van der Waals surface area contributed by atoms with Gasteiger partial charge in [0.1, 0.15) is 0 Å². The SMILES string of the molecule is O=C(N[C@H]1C[C@H]2CNC[C@H]2C[C@@H]1O)C1(c2ccc(Cl)c(Cl)c2)CCCC1. The first kappa shape index (κ1) is 18.5. The highest BCUT2D eigenvalue weighted by atomic mass is 35.5. The molecule has 26 heavy (non-hydrogen) atoms. The summed E-state index contributed by atoms with van der Waals surface area (Å²) in [6.07, 6.45) is 4.82. The summed E-state index contributed by atoms with van der Waals surface area (Å²) in [5.41, 5.74) is 0.381. The summed E-state index contributed by atoms with van der Waals surface area (Å²) >= 11 is 12.3. The maximum absolute atomic E-state index is 13.4. The number of benzene rings is 1. The Balaban J connectivity index is 1.55. The van der Waals surface area contributed by atoms with Gasteiger partial charge in [0.25, 0.3) is 0 Å². The van der Waals surface area contributed by atoms with E-state index in [1.807, 2.05) is 12.1 Å². The Labute approximate surface area is 164 Å². The molecule has 6 heteroatoms. The zero-order valence-electron chi connectivity index (χ0n) is 14.8. The number of hydrogen-bond acceptors (Lipinski definition) is 3. The lowest BCUT2D eigenvalue weighted by atomic mass is 9.75. The van der Waals surface area contributed by atoms with Crippen molar-refractivity contribution in [3.8, 4) is 0 Å². The van der Waals surface area contributed by atoms with Crippen LogP contribution in [0.5, 0.6) is 0 Å². The van der Waals surface area contributed by atoms with Crippen LogP contribution in [0, 0.1) is 11.8 Å². The van der Waals surface area contributed by atoms with Crippen LogP contribution < -0.4 is 10.6 Å². The van der Waals surface area contributed by atoms with E-state index in [4.69, 9.17) is 23.2 Å². The Morgan fingerprint density at radius 3 is 2.50 bits per heavy atom. The van der Waals surface area contributed by atoms with E-state index in [0.717, 1.165) is 57.2 Å². The van der Waals surface area contributed by atoms with Gasteiger partial charge in [-0.05, 0) is 68.3 Å². The Morgan fingerprint density at radius 2 is 1.81 bits per heavy atom. The van der Waals surface area contributed by atoms with Gasteiger partial charge in [0.2, 0.25) is 5.91 Å². The average molecular weight is 397 g/mol. The summed E-state index contributed by atoms with van der Waals surface area (Å²) in [4.78, 5) is 13.4. The highest BCUT2D eigenvalue weighted by Gasteiger charge is 2.46. The van der Waals surface area contributed by atoms with Crippen LogP contribution in [0.2, 0.25) is 10.0 Å². The second-order valence-electron chi connectivity index (χ2n) is 8.22. The molecule has 1 heterocycles. The quantitative estimate of drug-likeness (QED) is 0.734. The molecule has 0 aromatic heterocycles. The predicted molar refractivity (Wildman–Crippen MR) is 104 cm³/mol. The molecule has 1 aromatic rings. The topological polar surface area (TPSA) is 61.4 Å². The van der Waals surface area contributed by atoms with Crippen molar-refractivity contribution in [2.45, 2.75) is 56.1 Å². The summed E-state index contributed by atoms with van der Waals surface area (Å²) in [5.74, 6) is 1.11. The van der Waals surface area contributed by atoms with Gasteiger partial charge in [-0.1, -0.05) is 42.1 Å². The number of carbonyl (C=O) groups is 1. The molecule has 0 radical (unpaired) electrons. The van der Waals surface area contributed by atoms with Crippen molar-refractivity contribution >= 4 is 29.1 Å². The van der Waals surface area contributed by atoms with Gasteiger partial charge in [0.05, 0.1) is 27.6 Å². The highest BCUT2D eigenvalue weighted by molar-refractivity contribution is 6.42. The number of halogens is 2. The third kappa shape index (κ3) is 3.26. The van der Waals surface area contributed by atoms with E-state index in [-0.39, 0.29) is 11.9 Å². The fraction of sp³-hybridized carbons (Fsp3) is 0.650. The molecule has 142 valence electrons. The fourth-order valence-electron chi connectivity index (χ4n) is 5.18. The molecule has 2 aliphatic carbocycles. The van der Waals surface area contributed by atoms with Crippen molar-refractivity contribution in [3.05, 3.63) is 33.8 Å². The van der Waals surface area contributed by atoms with Gasteiger partial charge >= 0.3 is 0 Å². The minimum absolute atomic E-state index is 0.0295. The number of aliphatic hydroxyl groups is 1. The lowest BCUT2D eigenvalue weighted by Crippen LogP contribution is -2.54. The van der Waals surface area contributed by atoms with Crippen molar-refractivity contribution in [1.82, 2.24) is 10.6 Å². The normalized spacial score (nSPS) is 33.0. The molecule has 3 N–H and O–H groups in total. The molecule has 1 aliphatic heterocycles. The predicted octanol–water partition coefficient (Wildman–Crippen LogP) is 3.28. The first-order valence-electron chi connectivity index (χ1n) is 9.65. The van der Waals surface area contributed by atoms with Gasteiger partial charge in [-0.2, -0.15) is 0 Å². The van der Waals surface area contributed by atoms with Crippen molar-refractivity contribution in [3.63, 3.8) is 0 Å². The first-order chi connectivity index (χ1) is 12.5. The number of rotatable bonds is 3. The Hall–Kier alpha value is -0.810. The zero-order valence-corrected chi connectivity index (χ0v) is 16.3. The van der Waals surface area contributed by atoms with E-state index in [1.54, 1.807) is 6.07 Å². The summed E-state index contributed by atoms with van der Waals surface area (Å²) < 4.78 is 0. The van der Waals surface area contributed by atoms with E-state index < -0.39 is 11.5 Å². The average Bonchev–Trinajstić information content (AvgIpc) is 3.27. The Bertz CT molecular complexity index is 690. The van der Waals surface area contributed by atoms with Crippen molar-refractivity contribution < 1.29 is 9.90 Å². The largest absolute Gasteiger partial charge is 0.391 e. The van der Waals surface area contributed by atoms with Crippen LogP contribution >= 0.6 is 23.2 Å². The highest BCUT2D eigenvalue weighted by Crippen LogP contribution is 2.43. The van der Waals surface area contributed by atoms with Gasteiger partial charge < -0.3 is 15.7 Å². The number of nitrogens with one attached hydrogen (secondary N) is 2. The van der Waals surface area contributed by atoms with Crippen molar-refractivity contribution in [2.75, 3.05) is 13.1 Å². The molecule has 3 aliphatic rings. The van der Waals surface area contributed by atoms with E-state index >= 15 is 0 Å². The van der Waals surface area contributed by atoms with Gasteiger partial charge in [0.15, 0.2) is 0 Å². The molecular weight excluding hydrogens is 371 g/mol. The lowest BCUT2D eigenvalue weighted by molar-refractivity contribution is -0.129. The van der Waals surface area contributed by atoms with Gasteiger partial charge in [0, 0.05) is 0 Å². The van der Waals surface area contributed by atoms with Crippen LogP contribution in [0.15, 0.2) is 18.2 Å². The van der Waals surface area contributed by atoms with Crippen molar-refractivity contribution in [2.24, 2.45) is 11.8 Å². The monoisotopic (exact) mass is 396 g/mol. The van der Waals surface area contributed by atoms with E-state index in [2.05, 4.69) is 10.6 Å². The van der Waals surface area contributed by atoms with Crippen LogP contribution in [0.1, 0.15) is 44.1 Å². The second kappa shape index (κ2) is 7.31.